The van der Waals surface area contributed by atoms with E-state index in [4.69, 9.17) is 0 Å². The van der Waals surface area contributed by atoms with Gasteiger partial charge in [0.05, 0.1) is 6.20 Å². The van der Waals surface area contributed by atoms with Crippen molar-refractivity contribution in [2.75, 3.05) is 13.1 Å². The highest BCUT2D eigenvalue weighted by atomic mass is 32.1. The van der Waals surface area contributed by atoms with Crippen LogP contribution in [-0.2, 0) is 6.54 Å². The highest BCUT2D eigenvalue weighted by Gasteiger charge is 2.25. The van der Waals surface area contributed by atoms with Gasteiger partial charge in [0.2, 0.25) is 0 Å². The molecule has 1 aliphatic heterocycles. The lowest BCUT2D eigenvalue weighted by Crippen LogP contribution is -2.34. The van der Waals surface area contributed by atoms with Crippen LogP contribution in [0.5, 0.6) is 0 Å². The molecule has 1 saturated heterocycles. The third-order valence-electron chi connectivity index (χ3n) is 5.05. The van der Waals surface area contributed by atoms with E-state index in [1.54, 1.807) is 12.1 Å². The van der Waals surface area contributed by atoms with E-state index in [1.165, 1.54) is 22.9 Å². The van der Waals surface area contributed by atoms with Crippen molar-refractivity contribution < 1.29 is 4.39 Å². The van der Waals surface area contributed by atoms with Gasteiger partial charge in [0.1, 0.15) is 5.82 Å². The number of piperidine rings is 1. The first-order chi connectivity index (χ1) is 12.2. The fourth-order valence-corrected chi connectivity index (χ4v) is 4.64. The van der Waals surface area contributed by atoms with Crippen LogP contribution in [-0.4, -0.2) is 28.2 Å². The number of nitrogens with one attached hydrogen (secondary N) is 1. The standard InChI is InChI=1S/C20H22FN3S/c1-14-7-9-25-19(14)13-24-8-3-5-16(12-24)20-18(11-22-23-20)15-4-2-6-17(21)10-15/h2,4,6-7,9-11,16H,3,5,8,12-13H2,1H3,(H,22,23)/t16-/m1/s1. The predicted molar refractivity (Wildman–Crippen MR) is 100 cm³/mol. The van der Waals surface area contributed by atoms with Crippen LogP contribution in [0, 0.1) is 12.7 Å². The highest BCUT2D eigenvalue weighted by Crippen LogP contribution is 2.34. The van der Waals surface area contributed by atoms with E-state index in [2.05, 4.69) is 33.5 Å². The number of halogens is 1. The third-order valence-corrected chi connectivity index (χ3v) is 6.06. The lowest BCUT2D eigenvalue weighted by molar-refractivity contribution is 0.200. The summed E-state index contributed by atoms with van der Waals surface area (Å²) in [5.41, 5.74) is 4.45. The maximum atomic E-state index is 13.6. The number of aromatic nitrogens is 2. The zero-order valence-corrected chi connectivity index (χ0v) is 15.2. The second-order valence-corrected chi connectivity index (χ2v) is 7.81. The predicted octanol–water partition coefficient (Wildman–Crippen LogP) is 4.97. The topological polar surface area (TPSA) is 31.9 Å². The molecule has 0 unspecified atom stereocenters. The molecule has 1 fully saturated rings. The van der Waals surface area contributed by atoms with Gasteiger partial charge in [-0.3, -0.25) is 10.00 Å². The fourth-order valence-electron chi connectivity index (χ4n) is 3.70. The highest BCUT2D eigenvalue weighted by molar-refractivity contribution is 7.10. The van der Waals surface area contributed by atoms with Crippen molar-refractivity contribution >= 4 is 11.3 Å². The lowest BCUT2D eigenvalue weighted by Gasteiger charge is -2.32. The number of rotatable bonds is 4. The van der Waals surface area contributed by atoms with Gasteiger partial charge in [0.15, 0.2) is 0 Å². The van der Waals surface area contributed by atoms with Crippen molar-refractivity contribution in [1.29, 1.82) is 0 Å². The molecule has 1 aliphatic rings. The first-order valence-corrected chi connectivity index (χ1v) is 9.63. The van der Waals surface area contributed by atoms with Gasteiger partial charge in [-0.15, -0.1) is 11.3 Å². The molecular formula is C20H22FN3S. The quantitative estimate of drug-likeness (QED) is 0.717. The van der Waals surface area contributed by atoms with Crippen molar-refractivity contribution in [3.63, 3.8) is 0 Å². The van der Waals surface area contributed by atoms with Gasteiger partial charge in [-0.1, -0.05) is 12.1 Å². The van der Waals surface area contributed by atoms with Gasteiger partial charge < -0.3 is 0 Å². The summed E-state index contributed by atoms with van der Waals surface area (Å²) in [4.78, 5) is 3.99. The van der Waals surface area contributed by atoms with Crippen LogP contribution in [0.15, 0.2) is 41.9 Å². The Hall–Kier alpha value is -1.98. The maximum absolute atomic E-state index is 13.6. The summed E-state index contributed by atoms with van der Waals surface area (Å²) in [6.45, 7) is 5.35. The number of benzene rings is 1. The number of nitrogens with zero attached hydrogens (tertiary/aromatic N) is 2. The van der Waals surface area contributed by atoms with E-state index in [0.717, 1.165) is 42.9 Å². The van der Waals surface area contributed by atoms with Crippen molar-refractivity contribution in [2.24, 2.45) is 0 Å². The molecule has 0 radical (unpaired) electrons. The average molecular weight is 355 g/mol. The van der Waals surface area contributed by atoms with Gasteiger partial charge in [-0.05, 0) is 61.0 Å². The molecule has 2 aromatic heterocycles. The summed E-state index contributed by atoms with van der Waals surface area (Å²) >= 11 is 1.84. The molecule has 0 spiro atoms. The van der Waals surface area contributed by atoms with Crippen LogP contribution in [0.3, 0.4) is 0 Å². The lowest BCUT2D eigenvalue weighted by atomic mass is 9.90. The van der Waals surface area contributed by atoms with E-state index in [9.17, 15) is 4.39 Å². The van der Waals surface area contributed by atoms with Crippen molar-refractivity contribution in [3.8, 4) is 11.1 Å². The Bertz CT molecular complexity index is 854. The summed E-state index contributed by atoms with van der Waals surface area (Å²) in [5, 5.41) is 9.61. The van der Waals surface area contributed by atoms with Crippen LogP contribution < -0.4 is 0 Å². The molecule has 3 aromatic rings. The number of H-pyrrole nitrogens is 1. The van der Waals surface area contributed by atoms with Gasteiger partial charge in [-0.25, -0.2) is 4.39 Å². The molecule has 0 bridgehead atoms. The van der Waals surface area contributed by atoms with Crippen LogP contribution in [0.1, 0.15) is 34.9 Å². The van der Waals surface area contributed by atoms with Crippen LogP contribution in [0.25, 0.3) is 11.1 Å². The molecule has 5 heteroatoms. The Morgan fingerprint density at radius 3 is 3.08 bits per heavy atom. The Morgan fingerprint density at radius 1 is 1.36 bits per heavy atom. The molecule has 1 N–H and O–H groups in total. The molecule has 1 aromatic carbocycles. The molecule has 3 heterocycles. The van der Waals surface area contributed by atoms with Gasteiger partial charge in [0, 0.05) is 35.1 Å². The minimum Gasteiger partial charge on any atom is -0.298 e. The van der Waals surface area contributed by atoms with Gasteiger partial charge >= 0.3 is 0 Å². The molecule has 130 valence electrons. The van der Waals surface area contributed by atoms with Crippen molar-refractivity contribution in [1.82, 2.24) is 15.1 Å². The smallest absolute Gasteiger partial charge is 0.123 e. The number of thiophene rings is 1. The fraction of sp³-hybridized carbons (Fsp3) is 0.350. The molecule has 4 rings (SSSR count). The Kier molecular flexibility index (Phi) is 4.68. The van der Waals surface area contributed by atoms with Gasteiger partial charge in [0.25, 0.3) is 0 Å². The average Bonchev–Trinajstić information content (AvgIpc) is 3.25. The number of hydrogen-bond donors (Lipinski definition) is 1. The zero-order chi connectivity index (χ0) is 17.2. The minimum absolute atomic E-state index is 0.205. The maximum Gasteiger partial charge on any atom is 0.123 e. The van der Waals surface area contributed by atoms with Crippen molar-refractivity contribution in [3.05, 3.63) is 63.9 Å². The first kappa shape index (κ1) is 16.5. The van der Waals surface area contributed by atoms with Crippen LogP contribution >= 0.6 is 11.3 Å². The largest absolute Gasteiger partial charge is 0.298 e. The summed E-state index contributed by atoms with van der Waals surface area (Å²) in [5.74, 6) is 0.206. The monoisotopic (exact) mass is 355 g/mol. The SMILES string of the molecule is Cc1ccsc1CN1CCC[C@@H](c2[nH]ncc2-c2cccc(F)c2)C1. The number of aromatic amines is 1. The minimum atomic E-state index is -0.205. The Morgan fingerprint density at radius 2 is 2.28 bits per heavy atom. The molecule has 0 aliphatic carbocycles. The van der Waals surface area contributed by atoms with E-state index >= 15 is 0 Å². The van der Waals surface area contributed by atoms with Crippen LogP contribution in [0.4, 0.5) is 4.39 Å². The van der Waals surface area contributed by atoms with E-state index in [1.807, 2.05) is 23.6 Å². The van der Waals surface area contributed by atoms with Crippen molar-refractivity contribution in [2.45, 2.75) is 32.2 Å². The van der Waals surface area contributed by atoms with E-state index in [0.29, 0.717) is 5.92 Å². The first-order valence-electron chi connectivity index (χ1n) is 8.75. The molecule has 3 nitrogen and oxygen atoms in total. The molecule has 25 heavy (non-hydrogen) atoms. The summed E-state index contributed by atoms with van der Waals surface area (Å²) in [6.07, 6.45) is 4.15. The number of likely N-dealkylation sites (tertiary alicyclic amines) is 1. The second kappa shape index (κ2) is 7.10. The number of hydrogen-bond acceptors (Lipinski definition) is 3. The summed E-state index contributed by atoms with van der Waals surface area (Å²) in [7, 11) is 0. The summed E-state index contributed by atoms with van der Waals surface area (Å²) in [6, 6.07) is 8.97. The van der Waals surface area contributed by atoms with Crippen LogP contribution in [0.2, 0.25) is 0 Å². The number of aryl methyl sites for hydroxylation is 1. The van der Waals surface area contributed by atoms with E-state index < -0.39 is 0 Å². The molecule has 1 atom stereocenters. The zero-order valence-electron chi connectivity index (χ0n) is 14.3. The molecule has 0 saturated carbocycles. The second-order valence-electron chi connectivity index (χ2n) is 6.81. The Balaban J connectivity index is 1.54. The van der Waals surface area contributed by atoms with Gasteiger partial charge in [-0.2, -0.15) is 5.10 Å². The van der Waals surface area contributed by atoms with E-state index in [-0.39, 0.29) is 5.82 Å². The normalized spacial score (nSPS) is 18.6. The summed E-state index contributed by atoms with van der Waals surface area (Å²) < 4.78 is 13.6. The molecule has 0 amide bonds. The third kappa shape index (κ3) is 3.53. The molecular weight excluding hydrogens is 333 g/mol. The Labute approximate surface area is 151 Å².